The van der Waals surface area contributed by atoms with Gasteiger partial charge < -0.3 is 9.47 Å². The largest absolute Gasteiger partial charge is 0.473 e. The van der Waals surface area contributed by atoms with Gasteiger partial charge in [0.1, 0.15) is 23.0 Å². The predicted octanol–water partition coefficient (Wildman–Crippen LogP) is 5.07. The van der Waals surface area contributed by atoms with Crippen molar-refractivity contribution in [3.05, 3.63) is 64.3 Å². The topological polar surface area (TPSA) is 49.2 Å². The first-order chi connectivity index (χ1) is 11.1. The normalized spacial score (nSPS) is 10.6. The van der Waals surface area contributed by atoms with Gasteiger partial charge in [-0.15, -0.1) is 0 Å². The third-order valence-electron chi connectivity index (χ3n) is 2.84. The fourth-order valence-electron chi connectivity index (χ4n) is 1.75. The lowest BCUT2D eigenvalue weighted by Crippen LogP contribution is -2.03. The molecule has 0 saturated heterocycles. The molecule has 3 rings (SSSR count). The number of halogens is 3. The summed E-state index contributed by atoms with van der Waals surface area (Å²) in [6, 6.07) is 12.2. The molecule has 0 spiro atoms. The van der Waals surface area contributed by atoms with Gasteiger partial charge in [0.05, 0.1) is 0 Å². The second kappa shape index (κ2) is 7.08. The summed E-state index contributed by atoms with van der Waals surface area (Å²) in [5.41, 5.74) is 0. The summed E-state index contributed by atoms with van der Waals surface area (Å²) < 4.78 is 12.8. The van der Waals surface area contributed by atoms with E-state index in [1.165, 1.54) is 6.33 Å². The van der Waals surface area contributed by atoms with Crippen LogP contribution in [0.1, 0.15) is 0 Å². The lowest BCUT2D eigenvalue weighted by Gasteiger charge is -2.09. The average molecular weight is 371 g/mol. The van der Waals surface area contributed by atoms with E-state index in [-0.39, 0.29) is 11.9 Å². The van der Waals surface area contributed by atoms with Gasteiger partial charge in [-0.1, -0.05) is 40.9 Å². The lowest BCUT2D eigenvalue weighted by atomic mass is 10.3. The summed E-state index contributed by atoms with van der Waals surface area (Å²) in [6.45, 7) is 0.203. The SMILES string of the molecule is Clc1cccc(Oc2ccc(OCn3cnc(Cl)c3Cl)cc2)n1. The number of rotatable bonds is 5. The Kier molecular flexibility index (Phi) is 4.91. The zero-order chi connectivity index (χ0) is 16.2. The minimum absolute atomic E-state index is 0.203. The molecule has 3 aromatic rings. The van der Waals surface area contributed by atoms with Gasteiger partial charge in [-0.2, -0.15) is 0 Å². The molecule has 0 aliphatic carbocycles. The Morgan fingerprint density at radius 1 is 0.957 bits per heavy atom. The fraction of sp³-hybridized carbons (Fsp3) is 0.0667. The molecule has 2 heterocycles. The van der Waals surface area contributed by atoms with Crippen LogP contribution in [0, 0.1) is 0 Å². The second-order valence-electron chi connectivity index (χ2n) is 4.44. The monoisotopic (exact) mass is 369 g/mol. The molecule has 8 heteroatoms. The van der Waals surface area contributed by atoms with E-state index >= 15 is 0 Å². The standard InChI is InChI=1S/C15H10Cl3N3O2/c16-12-2-1-3-13(20-12)23-11-6-4-10(5-7-11)22-9-21-8-19-14(17)15(21)18/h1-8H,9H2. The molecule has 5 nitrogen and oxygen atoms in total. The number of hydrogen-bond acceptors (Lipinski definition) is 4. The number of aromatic nitrogens is 3. The number of hydrogen-bond donors (Lipinski definition) is 0. The summed E-state index contributed by atoms with van der Waals surface area (Å²) in [4.78, 5) is 7.93. The number of benzene rings is 1. The second-order valence-corrected chi connectivity index (χ2v) is 5.54. The number of nitrogens with zero attached hydrogens (tertiary/aromatic N) is 3. The van der Waals surface area contributed by atoms with E-state index in [1.54, 1.807) is 47.0 Å². The van der Waals surface area contributed by atoms with E-state index in [0.717, 1.165) is 0 Å². The van der Waals surface area contributed by atoms with E-state index in [4.69, 9.17) is 44.3 Å². The predicted molar refractivity (Wildman–Crippen MR) is 88.6 cm³/mol. The number of pyridine rings is 1. The number of imidazole rings is 1. The smallest absolute Gasteiger partial charge is 0.220 e. The lowest BCUT2D eigenvalue weighted by molar-refractivity contribution is 0.236. The molecule has 0 radical (unpaired) electrons. The van der Waals surface area contributed by atoms with E-state index in [1.807, 2.05) is 0 Å². The molecule has 0 bridgehead atoms. The molecule has 0 saturated carbocycles. The summed E-state index contributed by atoms with van der Waals surface area (Å²) in [7, 11) is 0. The molecule has 0 aliphatic rings. The molecular weight excluding hydrogens is 361 g/mol. The molecule has 0 N–H and O–H groups in total. The first kappa shape index (κ1) is 15.9. The Labute approximate surface area is 147 Å². The highest BCUT2D eigenvalue weighted by Crippen LogP contribution is 2.24. The van der Waals surface area contributed by atoms with Crippen molar-refractivity contribution in [3.8, 4) is 17.4 Å². The maximum absolute atomic E-state index is 5.95. The van der Waals surface area contributed by atoms with Crippen molar-refractivity contribution in [3.63, 3.8) is 0 Å². The first-order valence-corrected chi connectivity index (χ1v) is 7.64. The van der Waals surface area contributed by atoms with E-state index < -0.39 is 0 Å². The van der Waals surface area contributed by atoms with Crippen LogP contribution in [0.2, 0.25) is 15.5 Å². The molecule has 0 atom stereocenters. The highest BCUT2D eigenvalue weighted by molar-refractivity contribution is 6.40. The zero-order valence-corrected chi connectivity index (χ0v) is 13.9. The molecule has 0 amide bonds. The molecule has 0 aliphatic heterocycles. The van der Waals surface area contributed by atoms with E-state index in [0.29, 0.717) is 27.7 Å². The van der Waals surface area contributed by atoms with Crippen molar-refractivity contribution in [1.29, 1.82) is 0 Å². The van der Waals surface area contributed by atoms with Crippen LogP contribution >= 0.6 is 34.8 Å². The quantitative estimate of drug-likeness (QED) is 0.589. The van der Waals surface area contributed by atoms with Gasteiger partial charge in [0.2, 0.25) is 5.88 Å². The minimum Gasteiger partial charge on any atom is -0.473 e. The van der Waals surface area contributed by atoms with Crippen LogP contribution < -0.4 is 9.47 Å². The molecule has 118 valence electrons. The summed E-state index contributed by atoms with van der Waals surface area (Å²) in [6.07, 6.45) is 1.51. The van der Waals surface area contributed by atoms with E-state index in [2.05, 4.69) is 9.97 Å². The number of ether oxygens (including phenoxy) is 2. The highest BCUT2D eigenvalue weighted by Gasteiger charge is 2.06. The summed E-state index contributed by atoms with van der Waals surface area (Å²) >= 11 is 17.5. The van der Waals surface area contributed by atoms with Crippen molar-refractivity contribution < 1.29 is 9.47 Å². The van der Waals surface area contributed by atoms with Crippen LogP contribution in [0.3, 0.4) is 0 Å². The van der Waals surface area contributed by atoms with Crippen LogP contribution in [-0.2, 0) is 6.73 Å². The van der Waals surface area contributed by atoms with Gasteiger partial charge in [-0.05, 0) is 30.3 Å². The van der Waals surface area contributed by atoms with Gasteiger partial charge >= 0.3 is 0 Å². The average Bonchev–Trinajstić information content (AvgIpc) is 2.86. The third-order valence-corrected chi connectivity index (χ3v) is 3.82. The molecule has 0 fully saturated rings. The Hall–Kier alpha value is -1.95. The van der Waals surface area contributed by atoms with E-state index in [9.17, 15) is 0 Å². The maximum atomic E-state index is 5.95. The van der Waals surface area contributed by atoms with Crippen molar-refractivity contribution in [2.24, 2.45) is 0 Å². The summed E-state index contributed by atoms with van der Waals surface area (Å²) in [5, 5.41) is 0.949. The van der Waals surface area contributed by atoms with Crippen LogP contribution in [0.4, 0.5) is 0 Å². The molecule has 2 aromatic heterocycles. The van der Waals surface area contributed by atoms with Crippen LogP contribution in [0.5, 0.6) is 17.4 Å². The fourth-order valence-corrected chi connectivity index (χ4v) is 2.20. The van der Waals surface area contributed by atoms with Crippen molar-refractivity contribution >= 4 is 34.8 Å². The van der Waals surface area contributed by atoms with Gasteiger partial charge in [0.15, 0.2) is 17.0 Å². The van der Waals surface area contributed by atoms with Crippen molar-refractivity contribution in [1.82, 2.24) is 14.5 Å². The van der Waals surface area contributed by atoms with Crippen LogP contribution in [0.15, 0.2) is 48.8 Å². The highest BCUT2D eigenvalue weighted by atomic mass is 35.5. The minimum atomic E-state index is 0.203. The maximum Gasteiger partial charge on any atom is 0.220 e. The Bertz CT molecular complexity index is 806. The van der Waals surface area contributed by atoms with Gasteiger partial charge in [-0.3, -0.25) is 4.57 Å². The summed E-state index contributed by atoms with van der Waals surface area (Å²) in [5.74, 6) is 1.69. The molecular formula is C15H10Cl3N3O2. The van der Waals surface area contributed by atoms with Crippen LogP contribution in [-0.4, -0.2) is 14.5 Å². The van der Waals surface area contributed by atoms with Crippen molar-refractivity contribution in [2.75, 3.05) is 0 Å². The van der Waals surface area contributed by atoms with Crippen molar-refractivity contribution in [2.45, 2.75) is 6.73 Å². The Balaban J connectivity index is 1.62. The van der Waals surface area contributed by atoms with Gasteiger partial charge in [0, 0.05) is 6.07 Å². The Morgan fingerprint density at radius 3 is 2.35 bits per heavy atom. The van der Waals surface area contributed by atoms with Gasteiger partial charge in [-0.25, -0.2) is 9.97 Å². The van der Waals surface area contributed by atoms with Gasteiger partial charge in [0.25, 0.3) is 0 Å². The molecule has 1 aromatic carbocycles. The molecule has 23 heavy (non-hydrogen) atoms. The third kappa shape index (κ3) is 4.07. The van der Waals surface area contributed by atoms with Crippen LogP contribution in [0.25, 0.3) is 0 Å². The zero-order valence-electron chi connectivity index (χ0n) is 11.6. The first-order valence-electron chi connectivity index (χ1n) is 6.51. The Morgan fingerprint density at radius 2 is 1.70 bits per heavy atom. The molecule has 0 unspecified atom stereocenters.